The maximum atomic E-state index is 12.0. The molecule has 0 fully saturated rings. The Morgan fingerprint density at radius 2 is 2.20 bits per heavy atom. The molecule has 0 saturated heterocycles. The highest BCUT2D eigenvalue weighted by Crippen LogP contribution is 2.17. The largest absolute Gasteiger partial charge is 0.377 e. The lowest BCUT2D eigenvalue weighted by Gasteiger charge is -2.10. The maximum Gasteiger partial charge on any atom is 0.230 e. The van der Waals surface area contributed by atoms with Gasteiger partial charge in [-0.25, -0.2) is 4.98 Å². The number of rotatable bonds is 6. The molecule has 4 nitrogen and oxygen atoms in total. The average Bonchev–Trinajstić information content (AvgIpc) is 2.83. The molecule has 0 radical (unpaired) electrons. The van der Waals surface area contributed by atoms with Gasteiger partial charge in [0.2, 0.25) is 5.91 Å². The molecule has 1 N–H and O–H groups in total. The number of nitrogens with one attached hydrogen (secondary N) is 1. The van der Waals surface area contributed by atoms with Crippen LogP contribution in [0.25, 0.3) is 0 Å². The summed E-state index contributed by atoms with van der Waals surface area (Å²) in [5.41, 5.74) is 2.60. The van der Waals surface area contributed by atoms with Gasteiger partial charge in [-0.05, 0) is 19.9 Å². The van der Waals surface area contributed by atoms with Crippen LogP contribution in [0.1, 0.15) is 23.2 Å². The van der Waals surface area contributed by atoms with Gasteiger partial charge in [0.25, 0.3) is 0 Å². The first kappa shape index (κ1) is 14.7. The fourth-order valence-electron chi connectivity index (χ4n) is 1.83. The molecule has 0 unspecified atom stereocenters. The first-order valence-corrected chi connectivity index (χ1v) is 7.43. The number of thiazole rings is 1. The van der Waals surface area contributed by atoms with Crippen LogP contribution in [-0.4, -0.2) is 17.5 Å². The molecule has 20 heavy (non-hydrogen) atoms. The molecule has 1 aromatic heterocycles. The number of aryl methyl sites for hydroxylation is 1. The van der Waals surface area contributed by atoms with Gasteiger partial charge in [0.05, 0.1) is 23.7 Å². The second kappa shape index (κ2) is 7.17. The third kappa shape index (κ3) is 4.15. The molecule has 0 saturated carbocycles. The molecule has 0 aliphatic carbocycles. The van der Waals surface area contributed by atoms with E-state index in [0.717, 1.165) is 22.0 Å². The van der Waals surface area contributed by atoms with Gasteiger partial charge in [0.15, 0.2) is 0 Å². The Labute approximate surface area is 122 Å². The SMILES string of the molecule is CCOCc1ccccc1NC(=O)Cc1csc(C)n1. The van der Waals surface area contributed by atoms with Crippen molar-refractivity contribution < 1.29 is 9.53 Å². The summed E-state index contributed by atoms with van der Waals surface area (Å²) in [6.07, 6.45) is 0.299. The number of hydrogen-bond acceptors (Lipinski definition) is 4. The van der Waals surface area contributed by atoms with E-state index in [0.29, 0.717) is 19.6 Å². The lowest BCUT2D eigenvalue weighted by Crippen LogP contribution is -2.16. The van der Waals surface area contributed by atoms with E-state index in [4.69, 9.17) is 4.74 Å². The normalized spacial score (nSPS) is 10.5. The van der Waals surface area contributed by atoms with Gasteiger partial charge < -0.3 is 10.1 Å². The molecule has 1 heterocycles. The Morgan fingerprint density at radius 1 is 1.40 bits per heavy atom. The quantitative estimate of drug-likeness (QED) is 0.889. The molecule has 0 bridgehead atoms. The second-order valence-corrected chi connectivity index (χ2v) is 5.44. The highest BCUT2D eigenvalue weighted by atomic mass is 32.1. The molecule has 0 aliphatic heterocycles. The number of carbonyl (C=O) groups excluding carboxylic acids is 1. The molecule has 2 aromatic rings. The predicted molar refractivity (Wildman–Crippen MR) is 81.0 cm³/mol. The monoisotopic (exact) mass is 290 g/mol. The Kier molecular flexibility index (Phi) is 5.26. The number of benzene rings is 1. The van der Waals surface area contributed by atoms with Gasteiger partial charge in [-0.1, -0.05) is 18.2 Å². The lowest BCUT2D eigenvalue weighted by atomic mass is 10.2. The Bertz CT molecular complexity index is 581. The van der Waals surface area contributed by atoms with Crippen LogP contribution in [0.2, 0.25) is 0 Å². The van der Waals surface area contributed by atoms with Crippen molar-refractivity contribution in [2.75, 3.05) is 11.9 Å². The molecule has 0 atom stereocenters. The number of hydrogen-bond donors (Lipinski definition) is 1. The van der Waals surface area contributed by atoms with Gasteiger partial charge in [0, 0.05) is 23.2 Å². The van der Waals surface area contributed by atoms with Gasteiger partial charge in [-0.15, -0.1) is 11.3 Å². The van der Waals surface area contributed by atoms with Crippen LogP contribution in [0.4, 0.5) is 5.69 Å². The van der Waals surface area contributed by atoms with E-state index in [1.807, 2.05) is 43.5 Å². The van der Waals surface area contributed by atoms with Crippen molar-refractivity contribution in [3.05, 3.63) is 45.9 Å². The minimum atomic E-state index is -0.0563. The van der Waals surface area contributed by atoms with Crippen molar-refractivity contribution in [2.24, 2.45) is 0 Å². The zero-order chi connectivity index (χ0) is 14.4. The van der Waals surface area contributed by atoms with Gasteiger partial charge in [0.1, 0.15) is 0 Å². The Hall–Kier alpha value is -1.72. The summed E-state index contributed by atoms with van der Waals surface area (Å²) < 4.78 is 5.40. The standard InChI is InChI=1S/C15H18N2O2S/c1-3-19-9-12-6-4-5-7-14(12)17-15(18)8-13-10-20-11(2)16-13/h4-7,10H,3,8-9H2,1-2H3,(H,17,18). The fraction of sp³-hybridized carbons (Fsp3) is 0.333. The Morgan fingerprint density at radius 3 is 2.90 bits per heavy atom. The summed E-state index contributed by atoms with van der Waals surface area (Å²) in [6.45, 7) is 5.04. The summed E-state index contributed by atoms with van der Waals surface area (Å²) in [7, 11) is 0. The van der Waals surface area contributed by atoms with Crippen LogP contribution in [0.15, 0.2) is 29.6 Å². The van der Waals surface area contributed by atoms with E-state index in [2.05, 4.69) is 10.3 Å². The van der Waals surface area contributed by atoms with Gasteiger partial charge >= 0.3 is 0 Å². The van der Waals surface area contributed by atoms with Gasteiger partial charge in [-0.3, -0.25) is 4.79 Å². The van der Waals surface area contributed by atoms with E-state index >= 15 is 0 Å². The number of amides is 1. The van der Waals surface area contributed by atoms with Crippen molar-refractivity contribution in [1.82, 2.24) is 4.98 Å². The maximum absolute atomic E-state index is 12.0. The number of carbonyl (C=O) groups is 1. The van der Waals surface area contributed by atoms with Crippen molar-refractivity contribution >= 4 is 22.9 Å². The zero-order valence-corrected chi connectivity index (χ0v) is 12.5. The Balaban J connectivity index is 2.00. The summed E-state index contributed by atoms with van der Waals surface area (Å²) in [5, 5.41) is 5.82. The highest BCUT2D eigenvalue weighted by Gasteiger charge is 2.09. The first-order valence-electron chi connectivity index (χ1n) is 6.55. The van der Waals surface area contributed by atoms with E-state index in [9.17, 15) is 4.79 Å². The summed E-state index contributed by atoms with van der Waals surface area (Å²) in [5.74, 6) is -0.0563. The first-order chi connectivity index (χ1) is 9.69. The molecule has 2 rings (SSSR count). The van der Waals surface area contributed by atoms with E-state index < -0.39 is 0 Å². The van der Waals surface area contributed by atoms with E-state index in [1.54, 1.807) is 11.3 Å². The van der Waals surface area contributed by atoms with Crippen LogP contribution in [0.3, 0.4) is 0 Å². The molecule has 1 amide bonds. The van der Waals surface area contributed by atoms with Crippen LogP contribution in [-0.2, 0) is 22.6 Å². The summed E-state index contributed by atoms with van der Waals surface area (Å²) in [4.78, 5) is 16.3. The number of ether oxygens (including phenoxy) is 1. The van der Waals surface area contributed by atoms with Crippen LogP contribution in [0, 0.1) is 6.92 Å². The van der Waals surface area contributed by atoms with E-state index in [-0.39, 0.29) is 5.91 Å². The van der Waals surface area contributed by atoms with Crippen LogP contribution < -0.4 is 5.32 Å². The highest BCUT2D eigenvalue weighted by molar-refractivity contribution is 7.09. The lowest BCUT2D eigenvalue weighted by molar-refractivity contribution is -0.115. The molecule has 1 aromatic carbocycles. The van der Waals surface area contributed by atoms with Crippen molar-refractivity contribution in [3.63, 3.8) is 0 Å². The molecule has 106 valence electrons. The number of nitrogens with zero attached hydrogens (tertiary/aromatic N) is 1. The molecular weight excluding hydrogens is 272 g/mol. The predicted octanol–water partition coefficient (Wildman–Crippen LogP) is 3.17. The fourth-order valence-corrected chi connectivity index (χ4v) is 2.44. The van der Waals surface area contributed by atoms with Crippen molar-refractivity contribution in [3.8, 4) is 0 Å². The number of para-hydroxylation sites is 1. The van der Waals surface area contributed by atoms with Crippen LogP contribution in [0.5, 0.6) is 0 Å². The molecular formula is C15H18N2O2S. The topological polar surface area (TPSA) is 51.2 Å². The third-order valence-corrected chi connectivity index (χ3v) is 3.58. The minimum absolute atomic E-state index is 0.0563. The van der Waals surface area contributed by atoms with Crippen molar-refractivity contribution in [1.29, 1.82) is 0 Å². The van der Waals surface area contributed by atoms with Crippen LogP contribution >= 0.6 is 11.3 Å². The molecule has 0 spiro atoms. The molecule has 0 aliphatic rings. The number of aromatic nitrogens is 1. The third-order valence-electron chi connectivity index (χ3n) is 2.76. The molecule has 5 heteroatoms. The van der Waals surface area contributed by atoms with E-state index in [1.165, 1.54) is 0 Å². The van der Waals surface area contributed by atoms with Gasteiger partial charge in [-0.2, -0.15) is 0 Å². The second-order valence-electron chi connectivity index (χ2n) is 4.38. The summed E-state index contributed by atoms with van der Waals surface area (Å²) >= 11 is 1.56. The minimum Gasteiger partial charge on any atom is -0.377 e. The number of anilines is 1. The summed E-state index contributed by atoms with van der Waals surface area (Å²) in [6, 6.07) is 7.68. The average molecular weight is 290 g/mol. The zero-order valence-electron chi connectivity index (χ0n) is 11.7. The smallest absolute Gasteiger partial charge is 0.230 e. The van der Waals surface area contributed by atoms with Crippen molar-refractivity contribution in [2.45, 2.75) is 26.9 Å².